The summed E-state index contributed by atoms with van der Waals surface area (Å²) in [7, 11) is 0. The summed E-state index contributed by atoms with van der Waals surface area (Å²) in [6, 6.07) is 16.5. The normalized spacial score (nSPS) is 13.6. The SMILES string of the molecule is N=C(C(=O)Nc1ccc(Oc2ccccc2F)nc1)c1cc(-c2cncc(CN3CCCCC3)c2)ccc1N. The Balaban J connectivity index is 1.27. The van der Waals surface area contributed by atoms with Crippen LogP contribution < -0.4 is 15.8 Å². The molecule has 0 radical (unpaired) electrons. The Morgan fingerprint density at radius 3 is 2.59 bits per heavy atom. The number of anilines is 2. The van der Waals surface area contributed by atoms with Crippen LogP contribution in [-0.4, -0.2) is 39.6 Å². The lowest BCUT2D eigenvalue weighted by molar-refractivity contribution is -0.110. The monoisotopic (exact) mass is 524 g/mol. The first-order chi connectivity index (χ1) is 19.0. The van der Waals surface area contributed by atoms with Crippen LogP contribution in [-0.2, 0) is 11.3 Å². The highest BCUT2D eigenvalue weighted by atomic mass is 19.1. The molecular formula is C30H29FN6O2. The molecule has 0 aliphatic carbocycles. The van der Waals surface area contributed by atoms with Crippen molar-refractivity contribution in [1.82, 2.24) is 14.9 Å². The van der Waals surface area contributed by atoms with Crippen molar-refractivity contribution < 1.29 is 13.9 Å². The molecular weight excluding hydrogens is 495 g/mol. The number of piperidine rings is 1. The average molecular weight is 525 g/mol. The van der Waals surface area contributed by atoms with Crippen LogP contribution in [0, 0.1) is 11.2 Å². The molecule has 198 valence electrons. The molecule has 0 atom stereocenters. The summed E-state index contributed by atoms with van der Waals surface area (Å²) in [5.41, 5.74) is 9.71. The fraction of sp³-hybridized carbons (Fsp3) is 0.200. The second-order valence-electron chi connectivity index (χ2n) is 9.47. The number of nitrogens with one attached hydrogen (secondary N) is 2. The average Bonchev–Trinajstić information content (AvgIpc) is 2.96. The van der Waals surface area contributed by atoms with Gasteiger partial charge in [-0.05, 0) is 73.5 Å². The fourth-order valence-electron chi connectivity index (χ4n) is 4.53. The lowest BCUT2D eigenvalue weighted by Gasteiger charge is -2.26. The van der Waals surface area contributed by atoms with Gasteiger partial charge in [0.2, 0.25) is 5.88 Å². The number of halogens is 1. The summed E-state index contributed by atoms with van der Waals surface area (Å²) in [4.78, 5) is 23.9. The first-order valence-corrected chi connectivity index (χ1v) is 12.8. The molecule has 2 aromatic heterocycles. The van der Waals surface area contributed by atoms with E-state index in [2.05, 4.69) is 26.3 Å². The molecule has 9 heteroatoms. The highest BCUT2D eigenvalue weighted by Crippen LogP contribution is 2.26. The van der Waals surface area contributed by atoms with Gasteiger partial charge in [-0.25, -0.2) is 9.37 Å². The second-order valence-corrected chi connectivity index (χ2v) is 9.47. The number of pyridine rings is 2. The third-order valence-corrected chi connectivity index (χ3v) is 6.58. The van der Waals surface area contributed by atoms with Crippen LogP contribution in [0.2, 0.25) is 0 Å². The molecule has 4 aromatic rings. The van der Waals surface area contributed by atoms with Gasteiger partial charge < -0.3 is 15.8 Å². The second kappa shape index (κ2) is 11.8. The summed E-state index contributed by atoms with van der Waals surface area (Å²) in [5, 5.41) is 11.2. The molecule has 1 aliphatic heterocycles. The number of carbonyl (C=O) groups excluding carboxylic acids is 1. The number of nitrogen functional groups attached to an aromatic ring is 1. The Labute approximate surface area is 226 Å². The Morgan fingerprint density at radius 1 is 1.00 bits per heavy atom. The van der Waals surface area contributed by atoms with E-state index < -0.39 is 11.7 Å². The minimum absolute atomic E-state index is 0.0474. The fourth-order valence-corrected chi connectivity index (χ4v) is 4.53. The van der Waals surface area contributed by atoms with Crippen LogP contribution in [0.1, 0.15) is 30.4 Å². The maximum absolute atomic E-state index is 13.8. The lowest BCUT2D eigenvalue weighted by Crippen LogP contribution is -2.29. The minimum Gasteiger partial charge on any atom is -0.436 e. The Morgan fingerprint density at radius 2 is 1.82 bits per heavy atom. The van der Waals surface area contributed by atoms with Gasteiger partial charge in [-0.1, -0.05) is 24.6 Å². The summed E-state index contributed by atoms with van der Waals surface area (Å²) in [5.74, 6) is -0.928. The molecule has 2 aromatic carbocycles. The zero-order valence-electron chi connectivity index (χ0n) is 21.4. The highest BCUT2D eigenvalue weighted by Gasteiger charge is 2.17. The van der Waals surface area contributed by atoms with Gasteiger partial charge in [0.05, 0.1) is 11.9 Å². The van der Waals surface area contributed by atoms with Crippen molar-refractivity contribution >= 4 is 23.0 Å². The van der Waals surface area contributed by atoms with Gasteiger partial charge in [0.15, 0.2) is 11.6 Å². The molecule has 8 nitrogen and oxygen atoms in total. The largest absolute Gasteiger partial charge is 0.436 e. The van der Waals surface area contributed by atoms with Crippen LogP contribution in [0.4, 0.5) is 15.8 Å². The van der Waals surface area contributed by atoms with E-state index in [1.807, 2.05) is 12.3 Å². The first kappa shape index (κ1) is 26.0. The van der Waals surface area contributed by atoms with Crippen molar-refractivity contribution in [2.45, 2.75) is 25.8 Å². The van der Waals surface area contributed by atoms with Crippen LogP contribution in [0.5, 0.6) is 11.6 Å². The van der Waals surface area contributed by atoms with E-state index >= 15 is 0 Å². The van der Waals surface area contributed by atoms with Crippen LogP contribution in [0.25, 0.3) is 11.1 Å². The smallest absolute Gasteiger partial charge is 0.274 e. The summed E-state index contributed by atoms with van der Waals surface area (Å²) in [6.07, 6.45) is 8.76. The zero-order chi connectivity index (χ0) is 27.2. The Bertz CT molecular complexity index is 1490. The molecule has 1 fully saturated rings. The van der Waals surface area contributed by atoms with Gasteiger partial charge in [0, 0.05) is 41.8 Å². The number of hydrogen-bond acceptors (Lipinski definition) is 7. The van der Waals surface area contributed by atoms with Gasteiger partial charge in [0.1, 0.15) is 5.71 Å². The Kier molecular flexibility index (Phi) is 7.88. The molecule has 0 spiro atoms. The third kappa shape index (κ3) is 6.45. The van der Waals surface area contributed by atoms with E-state index in [9.17, 15) is 9.18 Å². The van der Waals surface area contributed by atoms with Crippen LogP contribution >= 0.6 is 0 Å². The Hall–Kier alpha value is -4.63. The molecule has 0 saturated carbocycles. The molecule has 1 saturated heterocycles. The molecule has 3 heterocycles. The van der Waals surface area contributed by atoms with E-state index in [1.54, 1.807) is 36.5 Å². The number of aromatic nitrogens is 2. The van der Waals surface area contributed by atoms with Crippen molar-refractivity contribution in [1.29, 1.82) is 5.41 Å². The quantitative estimate of drug-likeness (QED) is 0.203. The summed E-state index contributed by atoms with van der Waals surface area (Å²) in [6.45, 7) is 3.04. The maximum Gasteiger partial charge on any atom is 0.274 e. The zero-order valence-corrected chi connectivity index (χ0v) is 21.4. The van der Waals surface area contributed by atoms with Gasteiger partial charge in [-0.2, -0.15) is 0 Å². The van der Waals surface area contributed by atoms with Crippen LogP contribution in [0.15, 0.2) is 79.3 Å². The molecule has 4 N–H and O–H groups in total. The van der Waals surface area contributed by atoms with Crippen molar-refractivity contribution in [3.05, 3.63) is 96.2 Å². The van der Waals surface area contributed by atoms with Crippen molar-refractivity contribution in [2.75, 3.05) is 24.1 Å². The maximum atomic E-state index is 13.8. The predicted octanol–water partition coefficient (Wildman–Crippen LogP) is 5.65. The highest BCUT2D eigenvalue weighted by molar-refractivity contribution is 6.48. The lowest BCUT2D eigenvalue weighted by atomic mass is 9.99. The number of nitrogens with zero attached hydrogens (tertiary/aromatic N) is 3. The summed E-state index contributed by atoms with van der Waals surface area (Å²) < 4.78 is 19.3. The van der Waals surface area contributed by atoms with Crippen molar-refractivity contribution in [3.63, 3.8) is 0 Å². The number of hydrogen-bond donors (Lipinski definition) is 3. The van der Waals surface area contributed by atoms with Gasteiger partial charge in [0.25, 0.3) is 5.91 Å². The van der Waals surface area contributed by atoms with Gasteiger partial charge >= 0.3 is 0 Å². The number of para-hydroxylation sites is 1. The third-order valence-electron chi connectivity index (χ3n) is 6.58. The van der Waals surface area contributed by atoms with E-state index in [-0.39, 0.29) is 17.3 Å². The number of rotatable bonds is 8. The van der Waals surface area contributed by atoms with E-state index in [0.717, 1.165) is 36.3 Å². The van der Waals surface area contributed by atoms with E-state index in [0.29, 0.717) is 16.9 Å². The number of nitrogens with two attached hydrogens (primary N) is 1. The van der Waals surface area contributed by atoms with Crippen LogP contribution in [0.3, 0.4) is 0 Å². The molecule has 0 bridgehead atoms. The predicted molar refractivity (Wildman–Crippen MR) is 149 cm³/mol. The van der Waals surface area contributed by atoms with Gasteiger partial charge in [-0.15, -0.1) is 0 Å². The number of ether oxygens (including phenoxy) is 1. The standard InChI is InChI=1S/C30H29FN6O2/c31-25-6-2-3-7-27(25)39-28-11-9-23(18-35-28)36-30(38)29(33)24-15-21(8-10-26(24)32)22-14-20(16-34-17-22)19-37-12-4-1-5-13-37/h2-3,6-11,14-18,33H,1,4-5,12-13,19,32H2,(H,36,38). The molecule has 0 unspecified atom stereocenters. The summed E-state index contributed by atoms with van der Waals surface area (Å²) >= 11 is 0. The topological polar surface area (TPSA) is 117 Å². The number of carbonyl (C=O) groups is 1. The molecule has 1 aliphatic rings. The molecule has 1 amide bonds. The minimum atomic E-state index is -0.639. The number of amides is 1. The van der Waals surface area contributed by atoms with E-state index in [4.69, 9.17) is 15.9 Å². The van der Waals surface area contributed by atoms with Gasteiger partial charge in [-0.3, -0.25) is 20.1 Å². The molecule has 5 rings (SSSR count). The first-order valence-electron chi connectivity index (χ1n) is 12.8. The molecule has 39 heavy (non-hydrogen) atoms. The van der Waals surface area contributed by atoms with Crippen molar-refractivity contribution in [3.8, 4) is 22.8 Å². The van der Waals surface area contributed by atoms with Crippen molar-refractivity contribution in [2.24, 2.45) is 0 Å². The number of likely N-dealkylation sites (tertiary alicyclic amines) is 1. The van der Waals surface area contributed by atoms with E-state index in [1.165, 1.54) is 43.7 Å². The number of benzene rings is 2.